The number of methoxy groups -OCH3 is 1. The van der Waals surface area contributed by atoms with E-state index in [0.717, 1.165) is 11.6 Å². The van der Waals surface area contributed by atoms with Crippen LogP contribution in [0.1, 0.15) is 11.1 Å². The van der Waals surface area contributed by atoms with E-state index in [-0.39, 0.29) is 5.75 Å². The molecule has 2 aromatic rings. The van der Waals surface area contributed by atoms with Crippen LogP contribution in [-0.4, -0.2) is 17.2 Å². The fourth-order valence-corrected chi connectivity index (χ4v) is 1.82. The van der Waals surface area contributed by atoms with Gasteiger partial charge in [0.15, 0.2) is 0 Å². The smallest absolute Gasteiger partial charge is 0.217 e. The van der Waals surface area contributed by atoms with Crippen molar-refractivity contribution in [2.24, 2.45) is 0 Å². The van der Waals surface area contributed by atoms with Crippen LogP contribution in [-0.2, 0) is 13.1 Å². The number of rotatable bonds is 5. The third kappa shape index (κ3) is 3.66. The van der Waals surface area contributed by atoms with Gasteiger partial charge in [0.05, 0.1) is 7.11 Å². The molecule has 0 fully saturated rings. The minimum absolute atomic E-state index is 0.0734. The summed E-state index contributed by atoms with van der Waals surface area (Å²) in [6, 6.07) is 7.72. The third-order valence-electron chi connectivity index (χ3n) is 2.63. The van der Waals surface area contributed by atoms with Crippen LogP contribution in [0.2, 0.25) is 0 Å². The number of aromatic hydroxyl groups is 1. The average Bonchev–Trinajstić information content (AvgIpc) is 2.38. The minimum Gasteiger partial charge on any atom is -0.508 e. The second-order valence-electron chi connectivity index (χ2n) is 4.09. The highest BCUT2D eigenvalue weighted by molar-refractivity contribution is 5.29. The van der Waals surface area contributed by atoms with Crippen molar-refractivity contribution in [2.45, 2.75) is 13.1 Å². The van der Waals surface area contributed by atoms with Gasteiger partial charge >= 0.3 is 0 Å². The second kappa shape index (κ2) is 6.15. The highest BCUT2D eigenvalue weighted by atomic mass is 19.1. The van der Waals surface area contributed by atoms with Gasteiger partial charge in [-0.2, -0.15) is 0 Å². The number of nitrogens with zero attached hydrogens (tertiary/aromatic N) is 1. The molecule has 2 rings (SSSR count). The van der Waals surface area contributed by atoms with Crippen LogP contribution in [0.25, 0.3) is 0 Å². The van der Waals surface area contributed by atoms with Crippen LogP contribution < -0.4 is 10.1 Å². The number of aromatic nitrogens is 1. The first-order valence-electron chi connectivity index (χ1n) is 5.86. The number of benzene rings is 1. The van der Waals surface area contributed by atoms with Crippen LogP contribution in [0.15, 0.2) is 36.5 Å². The molecule has 1 heterocycles. The van der Waals surface area contributed by atoms with Crippen molar-refractivity contribution in [3.63, 3.8) is 0 Å². The lowest BCUT2D eigenvalue weighted by molar-refractivity contribution is 0.390. The molecule has 5 heteroatoms. The lowest BCUT2D eigenvalue weighted by Gasteiger charge is -2.08. The highest BCUT2D eigenvalue weighted by Gasteiger charge is 2.03. The summed E-state index contributed by atoms with van der Waals surface area (Å²) in [6.45, 7) is 0.998. The van der Waals surface area contributed by atoms with Crippen LogP contribution in [0.5, 0.6) is 11.6 Å². The number of ether oxygens (including phenoxy) is 1. The maximum Gasteiger partial charge on any atom is 0.217 e. The summed E-state index contributed by atoms with van der Waals surface area (Å²) < 4.78 is 18.2. The topological polar surface area (TPSA) is 54.4 Å². The largest absolute Gasteiger partial charge is 0.508 e. The predicted molar refractivity (Wildman–Crippen MR) is 69.4 cm³/mol. The molecule has 0 aliphatic rings. The molecular formula is C14H15FN2O2. The second-order valence-corrected chi connectivity index (χ2v) is 4.09. The molecule has 0 radical (unpaired) electrons. The zero-order valence-corrected chi connectivity index (χ0v) is 10.6. The highest BCUT2D eigenvalue weighted by Crippen LogP contribution is 2.16. The van der Waals surface area contributed by atoms with Crippen LogP contribution in [0.4, 0.5) is 4.39 Å². The fourth-order valence-electron chi connectivity index (χ4n) is 1.82. The van der Waals surface area contributed by atoms with Gasteiger partial charge in [-0.25, -0.2) is 9.37 Å². The molecule has 0 bridgehead atoms. The Balaban J connectivity index is 1.96. The summed E-state index contributed by atoms with van der Waals surface area (Å²) in [7, 11) is 1.57. The Labute approximate surface area is 110 Å². The molecule has 2 N–H and O–H groups in total. The van der Waals surface area contributed by atoms with E-state index in [1.54, 1.807) is 13.3 Å². The number of hydrogen-bond donors (Lipinski definition) is 2. The van der Waals surface area contributed by atoms with Crippen molar-refractivity contribution < 1.29 is 14.2 Å². The fraction of sp³-hybridized carbons (Fsp3) is 0.214. The number of halogens is 1. The van der Waals surface area contributed by atoms with Gasteiger partial charge in [-0.15, -0.1) is 0 Å². The lowest BCUT2D eigenvalue weighted by atomic mass is 10.2. The Morgan fingerprint density at radius 2 is 2.16 bits per heavy atom. The molecule has 0 aliphatic heterocycles. The zero-order chi connectivity index (χ0) is 13.7. The molecule has 1 aromatic heterocycles. The van der Waals surface area contributed by atoms with E-state index in [2.05, 4.69) is 10.3 Å². The maximum absolute atomic E-state index is 13.1. The van der Waals surface area contributed by atoms with E-state index < -0.39 is 5.82 Å². The van der Waals surface area contributed by atoms with Crippen molar-refractivity contribution >= 4 is 0 Å². The third-order valence-corrected chi connectivity index (χ3v) is 2.63. The van der Waals surface area contributed by atoms with Crippen LogP contribution >= 0.6 is 0 Å². The SMILES string of the molecule is COc1ncccc1CNCc1cc(O)cc(F)c1. The van der Waals surface area contributed by atoms with Crippen molar-refractivity contribution in [3.05, 3.63) is 53.5 Å². The van der Waals surface area contributed by atoms with E-state index in [1.165, 1.54) is 12.1 Å². The van der Waals surface area contributed by atoms with E-state index in [4.69, 9.17) is 4.74 Å². The summed E-state index contributed by atoms with van der Waals surface area (Å²) in [5.41, 5.74) is 1.60. The van der Waals surface area contributed by atoms with Crippen molar-refractivity contribution in [2.75, 3.05) is 7.11 Å². The van der Waals surface area contributed by atoms with Crippen LogP contribution in [0, 0.1) is 5.82 Å². The van der Waals surface area contributed by atoms with Gasteiger partial charge in [0.1, 0.15) is 11.6 Å². The molecule has 4 nitrogen and oxygen atoms in total. The number of pyridine rings is 1. The Bertz CT molecular complexity index is 541. The van der Waals surface area contributed by atoms with Crippen molar-refractivity contribution in [1.82, 2.24) is 10.3 Å². The lowest BCUT2D eigenvalue weighted by Crippen LogP contribution is -2.13. The van der Waals surface area contributed by atoms with Gasteiger partial charge in [0.2, 0.25) is 5.88 Å². The molecule has 0 unspecified atom stereocenters. The Kier molecular flexibility index (Phi) is 4.30. The van der Waals surface area contributed by atoms with Gasteiger partial charge in [0, 0.05) is 30.9 Å². The predicted octanol–water partition coefficient (Wildman–Crippen LogP) is 2.22. The number of phenolic OH excluding ortho intramolecular Hbond substituents is 1. The van der Waals surface area contributed by atoms with Crippen molar-refractivity contribution in [3.8, 4) is 11.6 Å². The molecule has 100 valence electrons. The minimum atomic E-state index is -0.448. The Morgan fingerprint density at radius 1 is 1.32 bits per heavy atom. The summed E-state index contributed by atoms with van der Waals surface area (Å²) in [5.74, 6) is 0.0450. The standard InChI is InChI=1S/C14H15FN2O2/c1-19-14-11(3-2-4-17-14)9-16-8-10-5-12(15)7-13(18)6-10/h2-7,16,18H,8-9H2,1H3. The van der Waals surface area contributed by atoms with E-state index in [1.807, 2.05) is 12.1 Å². The molecule has 0 saturated heterocycles. The first-order valence-corrected chi connectivity index (χ1v) is 5.86. The maximum atomic E-state index is 13.1. The monoisotopic (exact) mass is 262 g/mol. The van der Waals surface area contributed by atoms with Crippen molar-refractivity contribution in [1.29, 1.82) is 0 Å². The zero-order valence-electron chi connectivity index (χ0n) is 10.6. The summed E-state index contributed by atoms with van der Waals surface area (Å²) in [6.07, 6.45) is 1.66. The van der Waals surface area contributed by atoms with Gasteiger partial charge in [-0.05, 0) is 23.8 Å². The van der Waals surface area contributed by atoms with E-state index in [9.17, 15) is 9.50 Å². The quantitative estimate of drug-likeness (QED) is 0.867. The molecule has 1 aromatic carbocycles. The van der Waals surface area contributed by atoms with Gasteiger partial charge < -0.3 is 15.2 Å². The molecule has 0 saturated carbocycles. The number of nitrogens with one attached hydrogen (secondary N) is 1. The van der Waals surface area contributed by atoms with Gasteiger partial charge in [-0.1, -0.05) is 6.07 Å². The number of hydrogen-bond acceptors (Lipinski definition) is 4. The normalized spacial score (nSPS) is 10.4. The molecule has 0 aliphatic carbocycles. The number of phenols is 1. The molecule has 0 atom stereocenters. The van der Waals surface area contributed by atoms with E-state index in [0.29, 0.717) is 24.5 Å². The molecule has 0 amide bonds. The van der Waals surface area contributed by atoms with Gasteiger partial charge in [0.25, 0.3) is 0 Å². The average molecular weight is 262 g/mol. The molecule has 0 spiro atoms. The Hall–Kier alpha value is -2.14. The van der Waals surface area contributed by atoms with Gasteiger partial charge in [-0.3, -0.25) is 0 Å². The van der Waals surface area contributed by atoms with Crippen LogP contribution in [0.3, 0.4) is 0 Å². The Morgan fingerprint density at radius 3 is 2.89 bits per heavy atom. The first-order chi connectivity index (χ1) is 9.19. The first kappa shape index (κ1) is 13.3. The summed E-state index contributed by atoms with van der Waals surface area (Å²) in [4.78, 5) is 4.09. The van der Waals surface area contributed by atoms with E-state index >= 15 is 0 Å². The molecule has 19 heavy (non-hydrogen) atoms. The molecular weight excluding hydrogens is 247 g/mol. The summed E-state index contributed by atoms with van der Waals surface area (Å²) >= 11 is 0. The summed E-state index contributed by atoms with van der Waals surface area (Å²) in [5, 5.41) is 12.4.